The number of nitrogens with two attached hydrogens (primary N) is 1. The zero-order valence-electron chi connectivity index (χ0n) is 30.5. The van der Waals surface area contributed by atoms with Gasteiger partial charge in [0, 0.05) is 19.4 Å². The standard InChI is InChI=1S/C38H70NO8P/c1-3-5-7-9-11-13-15-17-18-19-21-22-24-26-28-30-37(40)44-34-36(35-46-48(42,43)45-33-32-39)47-38(41)31-29-27-25-23-20-16-14-12-10-8-6-4-2/h11,13,17-18,21-22,36H,3-10,12,14-16,19-20,23-35,39H2,1-2H3,(H,42,43). The Labute approximate surface area is 293 Å². The van der Waals surface area contributed by atoms with Crippen LogP contribution in [0.5, 0.6) is 0 Å². The summed E-state index contributed by atoms with van der Waals surface area (Å²) in [5, 5.41) is 0. The molecule has 9 nitrogen and oxygen atoms in total. The van der Waals surface area contributed by atoms with E-state index >= 15 is 0 Å². The molecule has 10 heteroatoms. The molecule has 0 radical (unpaired) electrons. The Bertz CT molecular complexity index is 892. The highest BCUT2D eigenvalue weighted by Gasteiger charge is 2.25. The Hall–Kier alpha value is -1.77. The summed E-state index contributed by atoms with van der Waals surface area (Å²) in [6.45, 7) is 3.64. The van der Waals surface area contributed by atoms with Crippen LogP contribution < -0.4 is 5.73 Å². The van der Waals surface area contributed by atoms with Crippen molar-refractivity contribution >= 4 is 19.8 Å². The molecule has 0 saturated heterocycles. The SMILES string of the molecule is CCCCCC=CCC=CCC=CCCCCC(=O)OCC(COP(=O)(O)OCCN)OC(=O)CCCCCCCCCCCCCC. The van der Waals surface area contributed by atoms with Crippen LogP contribution in [-0.2, 0) is 32.7 Å². The zero-order valence-corrected chi connectivity index (χ0v) is 31.4. The first kappa shape index (κ1) is 46.2. The minimum Gasteiger partial charge on any atom is -0.462 e. The number of ether oxygens (including phenoxy) is 2. The molecule has 0 amide bonds. The van der Waals surface area contributed by atoms with Gasteiger partial charge in [0.05, 0.1) is 13.2 Å². The molecular weight excluding hydrogens is 629 g/mol. The van der Waals surface area contributed by atoms with Gasteiger partial charge in [-0.05, 0) is 51.4 Å². The number of esters is 2. The Kier molecular flexibility index (Phi) is 33.8. The number of phosphoric acid groups is 1. The number of rotatable bonds is 35. The van der Waals surface area contributed by atoms with E-state index in [4.69, 9.17) is 24.3 Å². The van der Waals surface area contributed by atoms with Crippen LogP contribution in [0.2, 0.25) is 0 Å². The molecule has 0 rings (SSSR count). The molecule has 0 aliphatic heterocycles. The molecule has 2 atom stereocenters. The van der Waals surface area contributed by atoms with E-state index < -0.39 is 32.5 Å². The van der Waals surface area contributed by atoms with Crippen molar-refractivity contribution in [2.45, 2.75) is 168 Å². The monoisotopic (exact) mass is 699 g/mol. The van der Waals surface area contributed by atoms with Crippen molar-refractivity contribution in [3.63, 3.8) is 0 Å². The van der Waals surface area contributed by atoms with Crippen molar-refractivity contribution in [2.24, 2.45) is 5.73 Å². The van der Waals surface area contributed by atoms with Crippen LogP contribution in [0.4, 0.5) is 0 Å². The van der Waals surface area contributed by atoms with Crippen LogP contribution in [-0.4, -0.2) is 49.3 Å². The van der Waals surface area contributed by atoms with E-state index in [1.54, 1.807) is 0 Å². The van der Waals surface area contributed by atoms with Gasteiger partial charge in [-0.25, -0.2) is 4.57 Å². The van der Waals surface area contributed by atoms with Gasteiger partial charge < -0.3 is 20.1 Å². The lowest BCUT2D eigenvalue weighted by molar-refractivity contribution is -0.161. The third-order valence-corrected chi connectivity index (χ3v) is 8.76. The van der Waals surface area contributed by atoms with Gasteiger partial charge in [-0.15, -0.1) is 0 Å². The van der Waals surface area contributed by atoms with Crippen molar-refractivity contribution in [1.29, 1.82) is 0 Å². The van der Waals surface area contributed by atoms with Crippen LogP contribution in [0.1, 0.15) is 162 Å². The minimum absolute atomic E-state index is 0.0486. The molecule has 0 saturated carbocycles. The van der Waals surface area contributed by atoms with E-state index in [0.717, 1.165) is 51.4 Å². The third kappa shape index (κ3) is 34.1. The van der Waals surface area contributed by atoms with E-state index in [1.807, 2.05) is 0 Å². The first-order valence-electron chi connectivity index (χ1n) is 19.0. The zero-order chi connectivity index (χ0) is 35.4. The summed E-state index contributed by atoms with van der Waals surface area (Å²) in [7, 11) is -4.38. The first-order valence-corrected chi connectivity index (χ1v) is 20.5. The molecule has 48 heavy (non-hydrogen) atoms. The summed E-state index contributed by atoms with van der Waals surface area (Å²) in [6, 6.07) is 0. The highest BCUT2D eigenvalue weighted by molar-refractivity contribution is 7.47. The number of carbonyl (C=O) groups excluding carboxylic acids is 2. The van der Waals surface area contributed by atoms with E-state index in [0.29, 0.717) is 12.8 Å². The normalized spacial score (nSPS) is 13.8. The van der Waals surface area contributed by atoms with Crippen LogP contribution in [0.15, 0.2) is 36.5 Å². The molecular formula is C38H70NO8P. The lowest BCUT2D eigenvalue weighted by Crippen LogP contribution is -2.29. The number of hydrogen-bond acceptors (Lipinski definition) is 8. The quantitative estimate of drug-likeness (QED) is 0.0287. The number of phosphoric ester groups is 1. The lowest BCUT2D eigenvalue weighted by atomic mass is 10.0. The average molecular weight is 700 g/mol. The summed E-state index contributed by atoms with van der Waals surface area (Å²) in [6.07, 6.45) is 36.0. The molecule has 0 aromatic heterocycles. The van der Waals surface area contributed by atoms with Gasteiger partial charge in [-0.1, -0.05) is 134 Å². The smallest absolute Gasteiger partial charge is 0.462 e. The molecule has 3 N–H and O–H groups in total. The molecule has 0 aliphatic rings. The highest BCUT2D eigenvalue weighted by Crippen LogP contribution is 2.43. The van der Waals surface area contributed by atoms with Gasteiger partial charge in [-0.3, -0.25) is 18.6 Å². The van der Waals surface area contributed by atoms with Crippen molar-refractivity contribution in [1.82, 2.24) is 0 Å². The summed E-state index contributed by atoms with van der Waals surface area (Å²) < 4.78 is 32.6. The molecule has 0 fully saturated rings. The second-order valence-corrected chi connectivity index (χ2v) is 13.9. The highest BCUT2D eigenvalue weighted by atomic mass is 31.2. The molecule has 0 aliphatic carbocycles. The predicted molar refractivity (Wildman–Crippen MR) is 197 cm³/mol. The summed E-state index contributed by atoms with van der Waals surface area (Å²) >= 11 is 0. The summed E-state index contributed by atoms with van der Waals surface area (Å²) in [5.41, 5.74) is 5.32. The van der Waals surface area contributed by atoms with E-state index in [9.17, 15) is 19.0 Å². The van der Waals surface area contributed by atoms with Gasteiger partial charge in [0.15, 0.2) is 6.10 Å². The molecule has 0 aromatic rings. The summed E-state index contributed by atoms with van der Waals surface area (Å²) in [5.74, 6) is -0.874. The third-order valence-electron chi connectivity index (χ3n) is 7.78. The van der Waals surface area contributed by atoms with Crippen LogP contribution in [0, 0.1) is 0 Å². The van der Waals surface area contributed by atoms with Crippen molar-refractivity contribution < 1.29 is 37.6 Å². The number of carbonyl (C=O) groups is 2. The minimum atomic E-state index is -4.38. The fourth-order valence-corrected chi connectivity index (χ4v) is 5.70. The molecule has 280 valence electrons. The van der Waals surface area contributed by atoms with Gasteiger partial charge in [0.1, 0.15) is 6.61 Å². The number of hydrogen-bond donors (Lipinski definition) is 2. The Morgan fingerprint density at radius 2 is 1.08 bits per heavy atom. The average Bonchev–Trinajstić information content (AvgIpc) is 3.07. The number of allylic oxidation sites excluding steroid dienone is 6. The maximum Gasteiger partial charge on any atom is 0.472 e. The van der Waals surface area contributed by atoms with Gasteiger partial charge in [0.2, 0.25) is 0 Å². The second-order valence-electron chi connectivity index (χ2n) is 12.4. The van der Waals surface area contributed by atoms with Crippen LogP contribution >= 0.6 is 7.82 Å². The van der Waals surface area contributed by atoms with Crippen molar-refractivity contribution in [3.05, 3.63) is 36.5 Å². The maximum absolute atomic E-state index is 12.5. The second kappa shape index (κ2) is 35.1. The number of unbranched alkanes of at least 4 members (excludes halogenated alkanes) is 16. The van der Waals surface area contributed by atoms with Gasteiger partial charge >= 0.3 is 19.8 Å². The van der Waals surface area contributed by atoms with Crippen LogP contribution in [0.25, 0.3) is 0 Å². The van der Waals surface area contributed by atoms with E-state index in [2.05, 4.69) is 50.3 Å². The Morgan fingerprint density at radius 1 is 0.625 bits per heavy atom. The van der Waals surface area contributed by atoms with E-state index in [1.165, 1.54) is 70.6 Å². The van der Waals surface area contributed by atoms with Gasteiger partial charge in [-0.2, -0.15) is 0 Å². The Balaban J connectivity index is 4.29. The topological polar surface area (TPSA) is 134 Å². The molecule has 0 bridgehead atoms. The lowest BCUT2D eigenvalue weighted by Gasteiger charge is -2.19. The Morgan fingerprint density at radius 3 is 1.65 bits per heavy atom. The van der Waals surface area contributed by atoms with Crippen molar-refractivity contribution in [3.8, 4) is 0 Å². The molecule has 0 spiro atoms. The maximum atomic E-state index is 12.5. The van der Waals surface area contributed by atoms with E-state index in [-0.39, 0.29) is 32.6 Å². The fraction of sp³-hybridized carbons (Fsp3) is 0.789. The molecule has 0 heterocycles. The predicted octanol–water partition coefficient (Wildman–Crippen LogP) is 10.2. The van der Waals surface area contributed by atoms with Crippen molar-refractivity contribution in [2.75, 3.05) is 26.4 Å². The first-order chi connectivity index (χ1) is 23.3. The van der Waals surface area contributed by atoms with Gasteiger partial charge in [0.25, 0.3) is 0 Å². The fourth-order valence-electron chi connectivity index (χ4n) is 4.93. The summed E-state index contributed by atoms with van der Waals surface area (Å²) in [4.78, 5) is 34.7. The van der Waals surface area contributed by atoms with Crippen LogP contribution in [0.3, 0.4) is 0 Å². The largest absolute Gasteiger partial charge is 0.472 e. The molecule has 0 aromatic carbocycles. The molecule has 2 unspecified atom stereocenters.